The summed E-state index contributed by atoms with van der Waals surface area (Å²) in [6.07, 6.45) is 3.63. The number of rotatable bonds is 11. The largest absolute Gasteiger partial charge is 0.494 e. The van der Waals surface area contributed by atoms with E-state index in [-0.39, 0.29) is 29.6 Å². The van der Waals surface area contributed by atoms with Crippen LogP contribution < -0.4 is 15.4 Å². The van der Waals surface area contributed by atoms with Crippen molar-refractivity contribution in [1.29, 1.82) is 0 Å². The predicted molar refractivity (Wildman–Crippen MR) is 158 cm³/mol. The summed E-state index contributed by atoms with van der Waals surface area (Å²) in [5.74, 6) is -0.780. The van der Waals surface area contributed by atoms with Gasteiger partial charge in [0, 0.05) is 29.8 Å². The molecule has 3 N–H and O–H groups in total. The highest BCUT2D eigenvalue weighted by molar-refractivity contribution is 8.02. The number of ether oxygens (including phenoxy) is 1. The molecule has 2 aromatic carbocycles. The van der Waals surface area contributed by atoms with Crippen LogP contribution in [0.3, 0.4) is 0 Å². The van der Waals surface area contributed by atoms with Gasteiger partial charge < -0.3 is 25.4 Å². The third-order valence-electron chi connectivity index (χ3n) is 8.57. The third-order valence-corrected chi connectivity index (χ3v) is 10.5. The van der Waals surface area contributed by atoms with Gasteiger partial charge >= 0.3 is 0 Å². The number of hydrogen-bond acceptors (Lipinski definition) is 6. The Morgan fingerprint density at radius 3 is 2.45 bits per heavy atom. The number of likely N-dealkylation sites (tertiary alicyclic amines) is 1. The minimum Gasteiger partial charge on any atom is -0.494 e. The Morgan fingerprint density at radius 1 is 1.05 bits per heavy atom. The summed E-state index contributed by atoms with van der Waals surface area (Å²) in [6.45, 7) is 6.94. The molecular formula is C31H39N3O5S. The Morgan fingerprint density at radius 2 is 1.77 bits per heavy atom. The van der Waals surface area contributed by atoms with Gasteiger partial charge in [-0.05, 0) is 88.3 Å². The van der Waals surface area contributed by atoms with E-state index >= 15 is 0 Å². The lowest BCUT2D eigenvalue weighted by Gasteiger charge is -2.34. The Hall–Kier alpha value is -3.04. The first-order valence-corrected chi connectivity index (χ1v) is 15.2. The molecule has 0 radical (unpaired) electrons. The average Bonchev–Trinajstić information content (AvgIpc) is 3.57. The maximum Gasteiger partial charge on any atom is 0.248 e. The molecule has 2 unspecified atom stereocenters. The van der Waals surface area contributed by atoms with Crippen molar-refractivity contribution in [3.8, 4) is 5.75 Å². The Bertz CT molecular complexity index is 1250. The minimum absolute atomic E-state index is 0.0105. The summed E-state index contributed by atoms with van der Waals surface area (Å²) in [7, 11) is 0. The maximum atomic E-state index is 14.1. The van der Waals surface area contributed by atoms with Crippen LogP contribution in [0, 0.1) is 25.7 Å². The Kier molecular flexibility index (Phi) is 8.42. The molecule has 3 aliphatic heterocycles. The SMILES string of the molecule is CCOc1ccc(NC(=O)[C@@H]2[C@H]3C(=O)N(CCCCCO)C(C(=O)Nc4c(C)cccc4C)C34CC[C@H]2S4)cc1. The quantitative estimate of drug-likeness (QED) is 0.346. The second kappa shape index (κ2) is 11.8. The van der Waals surface area contributed by atoms with Gasteiger partial charge in [0.05, 0.1) is 23.2 Å². The van der Waals surface area contributed by atoms with E-state index in [9.17, 15) is 19.5 Å². The molecule has 5 rings (SSSR count). The number of unbranched alkanes of at least 4 members (excludes halogenated alkanes) is 2. The van der Waals surface area contributed by atoms with Gasteiger partial charge in [-0.1, -0.05) is 18.2 Å². The van der Waals surface area contributed by atoms with Crippen LogP contribution in [-0.4, -0.2) is 63.5 Å². The van der Waals surface area contributed by atoms with E-state index in [1.807, 2.05) is 63.2 Å². The number of fused-ring (bicyclic) bond motifs is 1. The van der Waals surface area contributed by atoms with Crippen LogP contribution in [0.5, 0.6) is 5.75 Å². The molecule has 40 heavy (non-hydrogen) atoms. The number of para-hydroxylation sites is 1. The highest BCUT2D eigenvalue weighted by Gasteiger charge is 2.73. The molecule has 1 spiro atoms. The van der Waals surface area contributed by atoms with Crippen molar-refractivity contribution in [2.24, 2.45) is 11.8 Å². The topological polar surface area (TPSA) is 108 Å². The number of carbonyl (C=O) groups excluding carboxylic acids is 3. The van der Waals surface area contributed by atoms with Gasteiger partial charge in [-0.2, -0.15) is 0 Å². The fourth-order valence-electron chi connectivity index (χ4n) is 6.79. The van der Waals surface area contributed by atoms with E-state index in [4.69, 9.17) is 4.74 Å². The highest BCUT2D eigenvalue weighted by Crippen LogP contribution is 2.66. The molecular weight excluding hydrogens is 526 g/mol. The smallest absolute Gasteiger partial charge is 0.248 e. The van der Waals surface area contributed by atoms with Gasteiger partial charge in [0.2, 0.25) is 17.7 Å². The molecule has 0 aliphatic carbocycles. The van der Waals surface area contributed by atoms with Crippen molar-refractivity contribution in [3.63, 3.8) is 0 Å². The van der Waals surface area contributed by atoms with Crippen molar-refractivity contribution in [2.75, 3.05) is 30.4 Å². The number of anilines is 2. The van der Waals surface area contributed by atoms with Crippen LogP contribution in [0.4, 0.5) is 11.4 Å². The van der Waals surface area contributed by atoms with Gasteiger partial charge in [-0.25, -0.2) is 0 Å². The van der Waals surface area contributed by atoms with E-state index in [1.165, 1.54) is 0 Å². The zero-order chi connectivity index (χ0) is 28.4. The van der Waals surface area contributed by atoms with Gasteiger partial charge in [0.25, 0.3) is 0 Å². The van der Waals surface area contributed by atoms with E-state index in [0.717, 1.165) is 41.8 Å². The Labute approximate surface area is 240 Å². The summed E-state index contributed by atoms with van der Waals surface area (Å²) in [4.78, 5) is 43.6. The van der Waals surface area contributed by atoms with Gasteiger partial charge in [0.1, 0.15) is 11.8 Å². The molecule has 9 heteroatoms. The molecule has 5 atom stereocenters. The normalized spacial score (nSPS) is 26.6. The zero-order valence-corrected chi connectivity index (χ0v) is 24.3. The molecule has 2 aromatic rings. The second-order valence-corrected chi connectivity index (χ2v) is 12.7. The highest BCUT2D eigenvalue weighted by atomic mass is 32.2. The van der Waals surface area contributed by atoms with Crippen molar-refractivity contribution in [3.05, 3.63) is 53.6 Å². The number of amides is 3. The lowest BCUT2D eigenvalue weighted by molar-refractivity contribution is -0.138. The number of benzene rings is 2. The van der Waals surface area contributed by atoms with Crippen LogP contribution in [0.15, 0.2) is 42.5 Å². The van der Waals surface area contributed by atoms with Crippen LogP contribution >= 0.6 is 11.8 Å². The molecule has 3 fully saturated rings. The first kappa shape index (κ1) is 28.5. The van der Waals surface area contributed by atoms with Crippen LogP contribution in [0.1, 0.15) is 50.2 Å². The Balaban J connectivity index is 1.42. The minimum atomic E-state index is -0.656. The molecule has 3 amide bonds. The number of carbonyl (C=O) groups is 3. The number of nitrogens with zero attached hydrogens (tertiary/aromatic N) is 1. The summed E-state index contributed by atoms with van der Waals surface area (Å²) < 4.78 is 4.87. The van der Waals surface area contributed by atoms with Gasteiger partial charge in [-0.3, -0.25) is 14.4 Å². The van der Waals surface area contributed by atoms with E-state index < -0.39 is 22.6 Å². The molecule has 3 aliphatic rings. The number of thioether (sulfide) groups is 1. The zero-order valence-electron chi connectivity index (χ0n) is 23.4. The molecule has 2 bridgehead atoms. The van der Waals surface area contributed by atoms with Crippen molar-refractivity contribution in [1.82, 2.24) is 4.90 Å². The van der Waals surface area contributed by atoms with Crippen molar-refractivity contribution in [2.45, 2.75) is 68.9 Å². The third kappa shape index (κ3) is 5.09. The molecule has 3 heterocycles. The van der Waals surface area contributed by atoms with E-state index in [0.29, 0.717) is 31.7 Å². The number of aliphatic hydroxyl groups is 1. The van der Waals surface area contributed by atoms with Crippen LogP contribution in [-0.2, 0) is 14.4 Å². The summed E-state index contributed by atoms with van der Waals surface area (Å²) >= 11 is 1.67. The molecule has 3 saturated heterocycles. The van der Waals surface area contributed by atoms with E-state index in [2.05, 4.69) is 10.6 Å². The molecule has 8 nitrogen and oxygen atoms in total. The predicted octanol–water partition coefficient (Wildman–Crippen LogP) is 4.53. The number of aliphatic hydroxyl groups excluding tert-OH is 1. The first-order chi connectivity index (χ1) is 19.3. The van der Waals surface area contributed by atoms with E-state index in [1.54, 1.807) is 16.7 Å². The maximum absolute atomic E-state index is 14.1. The molecule has 214 valence electrons. The monoisotopic (exact) mass is 565 g/mol. The molecule has 0 saturated carbocycles. The summed E-state index contributed by atoms with van der Waals surface area (Å²) in [6, 6.07) is 12.5. The standard InChI is InChI=1S/C31H39N3O5S/c1-4-39-22-13-11-21(12-14-22)32-28(36)24-23-15-16-31(40-23)25(24)30(38)34(17-6-5-7-18-35)27(31)29(37)33-26-19(2)9-8-10-20(26)3/h8-14,23-25,27,35H,4-7,15-18H2,1-3H3,(H,32,36)(H,33,37)/t23-,24+,25+,27?,31?/m1/s1. The average molecular weight is 566 g/mol. The number of hydrogen-bond donors (Lipinski definition) is 3. The van der Waals surface area contributed by atoms with Crippen LogP contribution in [0.25, 0.3) is 0 Å². The summed E-state index contributed by atoms with van der Waals surface area (Å²) in [5.41, 5.74) is 3.38. The fourth-order valence-corrected chi connectivity index (χ4v) is 9.01. The van der Waals surface area contributed by atoms with Gasteiger partial charge in [0.15, 0.2) is 0 Å². The number of nitrogens with one attached hydrogen (secondary N) is 2. The second-order valence-electron chi connectivity index (χ2n) is 11.1. The molecule has 0 aromatic heterocycles. The van der Waals surface area contributed by atoms with Crippen molar-refractivity contribution < 1.29 is 24.2 Å². The van der Waals surface area contributed by atoms with Gasteiger partial charge in [-0.15, -0.1) is 11.8 Å². The summed E-state index contributed by atoms with van der Waals surface area (Å²) in [5, 5.41) is 15.4. The lowest BCUT2D eigenvalue weighted by atomic mass is 9.70. The lowest BCUT2D eigenvalue weighted by Crippen LogP contribution is -2.51. The fraction of sp³-hybridized carbons (Fsp3) is 0.516. The first-order valence-electron chi connectivity index (χ1n) is 14.3. The van der Waals surface area contributed by atoms with Crippen molar-refractivity contribution >= 4 is 40.9 Å². The van der Waals surface area contributed by atoms with Crippen LogP contribution in [0.2, 0.25) is 0 Å². The number of aryl methyl sites for hydroxylation is 2.